The third kappa shape index (κ3) is 5.51. The van der Waals surface area contributed by atoms with Gasteiger partial charge in [-0.25, -0.2) is 0 Å². The van der Waals surface area contributed by atoms with Crippen molar-refractivity contribution in [1.29, 1.82) is 0 Å². The molecule has 0 aromatic heterocycles. The standard InChI is InChI=1S/C52H35N/c1-2-14-36(15-3-1)37-28-30-42(31-29-37)53(43-20-12-18-38(32-43)51-34-40-16-4-6-22-45(40)47-24-8-10-26-49(47)51)44-21-13-19-39(33-44)52-35-41-17-5-7-23-46(41)48-25-9-11-27-50(48)52/h1-35H. The Morgan fingerprint density at radius 3 is 1.13 bits per heavy atom. The van der Waals surface area contributed by atoms with Crippen LogP contribution in [-0.2, 0) is 0 Å². The summed E-state index contributed by atoms with van der Waals surface area (Å²) >= 11 is 0. The van der Waals surface area contributed by atoms with Crippen LogP contribution in [0, 0.1) is 0 Å². The molecule has 0 N–H and O–H groups in total. The van der Waals surface area contributed by atoms with E-state index in [1.54, 1.807) is 0 Å². The fourth-order valence-electron chi connectivity index (χ4n) is 8.09. The van der Waals surface area contributed by atoms with Gasteiger partial charge in [-0.2, -0.15) is 0 Å². The van der Waals surface area contributed by atoms with E-state index in [4.69, 9.17) is 0 Å². The van der Waals surface area contributed by atoms with Crippen LogP contribution in [0.5, 0.6) is 0 Å². The zero-order valence-corrected chi connectivity index (χ0v) is 29.2. The van der Waals surface area contributed by atoms with Crippen molar-refractivity contribution < 1.29 is 0 Å². The quantitative estimate of drug-likeness (QED) is 0.159. The van der Waals surface area contributed by atoms with Gasteiger partial charge in [-0.15, -0.1) is 0 Å². The molecule has 10 aromatic carbocycles. The molecule has 0 unspecified atom stereocenters. The predicted molar refractivity (Wildman–Crippen MR) is 227 cm³/mol. The van der Waals surface area contributed by atoms with Crippen LogP contribution in [-0.4, -0.2) is 0 Å². The maximum Gasteiger partial charge on any atom is 0.0467 e. The van der Waals surface area contributed by atoms with Gasteiger partial charge < -0.3 is 4.90 Å². The molecule has 248 valence electrons. The first-order valence-electron chi connectivity index (χ1n) is 18.3. The van der Waals surface area contributed by atoms with Gasteiger partial charge in [0.25, 0.3) is 0 Å². The molecule has 0 aliphatic heterocycles. The summed E-state index contributed by atoms with van der Waals surface area (Å²) in [6.07, 6.45) is 0. The summed E-state index contributed by atoms with van der Waals surface area (Å²) < 4.78 is 0. The highest BCUT2D eigenvalue weighted by atomic mass is 15.1. The molecule has 0 fully saturated rings. The molecule has 1 nitrogen and oxygen atoms in total. The molecule has 10 rings (SSSR count). The predicted octanol–water partition coefficient (Wildman–Crippen LogP) is 14.8. The number of rotatable bonds is 6. The molecule has 10 aromatic rings. The molecule has 0 aliphatic carbocycles. The second-order valence-corrected chi connectivity index (χ2v) is 13.7. The number of fused-ring (bicyclic) bond motifs is 6. The summed E-state index contributed by atoms with van der Waals surface area (Å²) in [7, 11) is 0. The summed E-state index contributed by atoms with van der Waals surface area (Å²) in [6, 6.07) is 77.3. The van der Waals surface area contributed by atoms with Gasteiger partial charge in [0.05, 0.1) is 0 Å². The average Bonchev–Trinajstić information content (AvgIpc) is 3.24. The Morgan fingerprint density at radius 2 is 0.623 bits per heavy atom. The first-order valence-corrected chi connectivity index (χ1v) is 18.3. The highest BCUT2D eigenvalue weighted by Gasteiger charge is 2.17. The summed E-state index contributed by atoms with van der Waals surface area (Å²) in [6.45, 7) is 0. The van der Waals surface area contributed by atoms with Crippen molar-refractivity contribution in [2.24, 2.45) is 0 Å². The van der Waals surface area contributed by atoms with E-state index < -0.39 is 0 Å². The van der Waals surface area contributed by atoms with Crippen LogP contribution in [0.3, 0.4) is 0 Å². The van der Waals surface area contributed by atoms with Crippen molar-refractivity contribution in [3.8, 4) is 33.4 Å². The minimum atomic E-state index is 1.10. The molecule has 0 spiro atoms. The van der Waals surface area contributed by atoms with Crippen molar-refractivity contribution in [1.82, 2.24) is 0 Å². The van der Waals surface area contributed by atoms with Crippen LogP contribution in [0.25, 0.3) is 76.5 Å². The van der Waals surface area contributed by atoms with E-state index in [-0.39, 0.29) is 0 Å². The fraction of sp³-hybridized carbons (Fsp3) is 0. The highest BCUT2D eigenvalue weighted by Crippen LogP contribution is 2.42. The largest absolute Gasteiger partial charge is 0.310 e. The van der Waals surface area contributed by atoms with E-state index in [0.717, 1.165) is 17.1 Å². The van der Waals surface area contributed by atoms with E-state index >= 15 is 0 Å². The molecule has 0 saturated carbocycles. The van der Waals surface area contributed by atoms with Crippen LogP contribution in [0.15, 0.2) is 212 Å². The fourth-order valence-corrected chi connectivity index (χ4v) is 8.09. The van der Waals surface area contributed by atoms with Crippen LogP contribution in [0.2, 0.25) is 0 Å². The Labute approximate surface area is 309 Å². The smallest absolute Gasteiger partial charge is 0.0467 e. The van der Waals surface area contributed by atoms with Crippen LogP contribution < -0.4 is 4.90 Å². The van der Waals surface area contributed by atoms with E-state index in [9.17, 15) is 0 Å². The highest BCUT2D eigenvalue weighted by molar-refractivity contribution is 6.15. The van der Waals surface area contributed by atoms with Gasteiger partial charge >= 0.3 is 0 Å². The number of hydrogen-bond acceptors (Lipinski definition) is 1. The van der Waals surface area contributed by atoms with Crippen molar-refractivity contribution in [2.45, 2.75) is 0 Å². The second kappa shape index (κ2) is 13.0. The molecule has 0 atom stereocenters. The van der Waals surface area contributed by atoms with Crippen molar-refractivity contribution in [3.63, 3.8) is 0 Å². The topological polar surface area (TPSA) is 3.24 Å². The maximum absolute atomic E-state index is 2.40. The van der Waals surface area contributed by atoms with Crippen LogP contribution >= 0.6 is 0 Å². The van der Waals surface area contributed by atoms with Crippen molar-refractivity contribution in [2.75, 3.05) is 4.90 Å². The Morgan fingerprint density at radius 1 is 0.226 bits per heavy atom. The van der Waals surface area contributed by atoms with Gasteiger partial charge in [-0.05, 0) is 125 Å². The summed E-state index contributed by atoms with van der Waals surface area (Å²) in [5.41, 5.74) is 10.6. The minimum Gasteiger partial charge on any atom is -0.310 e. The zero-order valence-electron chi connectivity index (χ0n) is 29.2. The Hall–Kier alpha value is -6.96. The first-order chi connectivity index (χ1) is 26.3. The number of hydrogen-bond donors (Lipinski definition) is 0. The Bertz CT molecular complexity index is 2780. The number of nitrogens with zero attached hydrogens (tertiary/aromatic N) is 1. The van der Waals surface area contributed by atoms with Gasteiger partial charge in [-0.1, -0.05) is 164 Å². The normalized spacial score (nSPS) is 11.4. The molecular weight excluding hydrogens is 639 g/mol. The van der Waals surface area contributed by atoms with Gasteiger partial charge in [0.2, 0.25) is 0 Å². The second-order valence-electron chi connectivity index (χ2n) is 13.7. The van der Waals surface area contributed by atoms with E-state index in [1.165, 1.54) is 76.5 Å². The van der Waals surface area contributed by atoms with Crippen molar-refractivity contribution in [3.05, 3.63) is 212 Å². The lowest BCUT2D eigenvalue weighted by molar-refractivity contribution is 1.28. The lowest BCUT2D eigenvalue weighted by atomic mass is 9.92. The molecule has 0 radical (unpaired) electrons. The SMILES string of the molecule is c1ccc(-c2ccc(N(c3cccc(-c4cc5ccccc5c5ccccc45)c3)c3cccc(-c4cc5ccccc5c5ccccc45)c3)cc2)cc1. The molecular formula is C52H35N. The minimum absolute atomic E-state index is 1.10. The van der Waals surface area contributed by atoms with Gasteiger partial charge in [-0.3, -0.25) is 0 Å². The summed E-state index contributed by atoms with van der Waals surface area (Å²) in [4.78, 5) is 2.40. The molecule has 0 bridgehead atoms. The number of anilines is 3. The Kier molecular flexibility index (Phi) is 7.55. The third-order valence-electron chi connectivity index (χ3n) is 10.6. The zero-order chi connectivity index (χ0) is 35.1. The molecule has 0 saturated heterocycles. The van der Waals surface area contributed by atoms with E-state index in [2.05, 4.69) is 217 Å². The van der Waals surface area contributed by atoms with Gasteiger partial charge in [0.15, 0.2) is 0 Å². The molecule has 0 amide bonds. The van der Waals surface area contributed by atoms with Crippen molar-refractivity contribution >= 4 is 60.2 Å². The molecule has 1 heteroatoms. The van der Waals surface area contributed by atoms with E-state index in [1.807, 2.05) is 0 Å². The van der Waals surface area contributed by atoms with Crippen LogP contribution in [0.4, 0.5) is 17.1 Å². The Balaban J connectivity index is 1.16. The lowest BCUT2D eigenvalue weighted by Gasteiger charge is -2.27. The summed E-state index contributed by atoms with van der Waals surface area (Å²) in [5.74, 6) is 0. The maximum atomic E-state index is 2.40. The number of benzene rings is 10. The third-order valence-corrected chi connectivity index (χ3v) is 10.6. The monoisotopic (exact) mass is 673 g/mol. The van der Waals surface area contributed by atoms with Crippen LogP contribution in [0.1, 0.15) is 0 Å². The van der Waals surface area contributed by atoms with E-state index in [0.29, 0.717) is 0 Å². The molecule has 0 aliphatic rings. The summed E-state index contributed by atoms with van der Waals surface area (Å²) in [5, 5.41) is 10.1. The molecule has 53 heavy (non-hydrogen) atoms. The van der Waals surface area contributed by atoms with Gasteiger partial charge in [0.1, 0.15) is 0 Å². The average molecular weight is 674 g/mol. The molecule has 0 heterocycles. The lowest BCUT2D eigenvalue weighted by Crippen LogP contribution is -2.10. The first kappa shape index (κ1) is 30.8. The van der Waals surface area contributed by atoms with Gasteiger partial charge in [0, 0.05) is 17.1 Å².